The molecule has 3 atom stereocenters. The average molecular weight is 547 g/mol. The van der Waals surface area contributed by atoms with E-state index >= 15 is 0 Å². The second-order valence-corrected chi connectivity index (χ2v) is 12.5. The lowest BCUT2D eigenvalue weighted by molar-refractivity contribution is -0.143. The van der Waals surface area contributed by atoms with E-state index in [1.54, 1.807) is 11.4 Å². The fraction of sp³-hybridized carbons (Fsp3) is 0.536. The van der Waals surface area contributed by atoms with Gasteiger partial charge in [-0.05, 0) is 47.7 Å². The summed E-state index contributed by atoms with van der Waals surface area (Å²) in [6, 6.07) is 12.6. The highest BCUT2D eigenvalue weighted by Crippen LogP contribution is 2.47. The normalized spacial score (nSPS) is 21.4. The first-order valence-electron chi connectivity index (χ1n) is 13.1. The van der Waals surface area contributed by atoms with E-state index < -0.39 is 28.0 Å². The molecular formula is C28H38N2O7S. The average Bonchev–Trinajstić information content (AvgIpc) is 3.50. The number of rotatable bonds is 12. The summed E-state index contributed by atoms with van der Waals surface area (Å²) in [6.07, 6.45) is 0.544. The largest absolute Gasteiger partial charge is 0.497 e. The van der Waals surface area contributed by atoms with E-state index in [4.69, 9.17) is 14.2 Å². The predicted octanol–water partition coefficient (Wildman–Crippen LogP) is 3.96. The van der Waals surface area contributed by atoms with Gasteiger partial charge in [0.05, 0.1) is 18.8 Å². The molecule has 0 aromatic heterocycles. The van der Waals surface area contributed by atoms with Crippen molar-refractivity contribution < 1.29 is 32.5 Å². The van der Waals surface area contributed by atoms with E-state index in [0.717, 1.165) is 11.1 Å². The Labute approximate surface area is 225 Å². The summed E-state index contributed by atoms with van der Waals surface area (Å²) in [5.41, 5.74) is 1.72. The first-order chi connectivity index (χ1) is 18.1. The van der Waals surface area contributed by atoms with Crippen molar-refractivity contribution in [1.82, 2.24) is 9.21 Å². The van der Waals surface area contributed by atoms with Gasteiger partial charge in [0.15, 0.2) is 11.5 Å². The molecule has 0 aliphatic carbocycles. The van der Waals surface area contributed by atoms with E-state index in [9.17, 15) is 18.3 Å². The second kappa shape index (κ2) is 11.9. The summed E-state index contributed by atoms with van der Waals surface area (Å²) < 4.78 is 44.0. The second-order valence-electron chi connectivity index (χ2n) is 10.4. The number of hydrogen-bond donors (Lipinski definition) is 1. The Morgan fingerprint density at radius 1 is 1.13 bits per heavy atom. The van der Waals surface area contributed by atoms with Crippen LogP contribution in [-0.4, -0.2) is 74.5 Å². The van der Waals surface area contributed by atoms with Crippen LogP contribution in [0.3, 0.4) is 0 Å². The first-order valence-corrected chi connectivity index (χ1v) is 14.7. The fourth-order valence-corrected chi connectivity index (χ4v) is 7.18. The maximum atomic E-state index is 13.0. The van der Waals surface area contributed by atoms with Crippen molar-refractivity contribution in [3.05, 3.63) is 53.6 Å². The van der Waals surface area contributed by atoms with E-state index in [2.05, 4.69) is 4.90 Å². The smallest absolute Gasteiger partial charge is 0.309 e. The predicted molar refractivity (Wildman–Crippen MR) is 144 cm³/mol. The monoisotopic (exact) mass is 546 g/mol. The maximum absolute atomic E-state index is 13.0. The van der Waals surface area contributed by atoms with Gasteiger partial charge in [-0.1, -0.05) is 39.0 Å². The highest BCUT2D eigenvalue weighted by molar-refractivity contribution is 7.89. The van der Waals surface area contributed by atoms with E-state index in [1.807, 2.05) is 63.2 Å². The third-order valence-corrected chi connectivity index (χ3v) is 9.27. The van der Waals surface area contributed by atoms with Crippen LogP contribution in [0.2, 0.25) is 0 Å². The molecule has 2 aromatic rings. The number of ether oxygens (including phenoxy) is 3. The molecule has 38 heavy (non-hydrogen) atoms. The number of carboxylic acids is 1. The SMILES string of the molecule is CCCS(=O)(=O)N(CCN1C[C@H](c2ccc3c(c2)OCO3)[C@H](C(=O)O)[C@H]1c1ccc(OC)cc1)CC(C)C. The molecule has 1 fully saturated rings. The highest BCUT2D eigenvalue weighted by atomic mass is 32.2. The molecule has 1 saturated heterocycles. The molecule has 4 rings (SSSR count). The minimum Gasteiger partial charge on any atom is -0.497 e. The quantitative estimate of drug-likeness (QED) is 0.427. The Morgan fingerprint density at radius 3 is 2.45 bits per heavy atom. The van der Waals surface area contributed by atoms with Crippen molar-refractivity contribution in [3.63, 3.8) is 0 Å². The van der Waals surface area contributed by atoms with E-state index in [1.165, 1.54) is 0 Å². The zero-order valence-electron chi connectivity index (χ0n) is 22.5. The van der Waals surface area contributed by atoms with Gasteiger partial charge in [0.1, 0.15) is 5.75 Å². The number of carboxylic acid groups (broad SMARTS) is 1. The molecule has 0 spiro atoms. The molecule has 0 radical (unpaired) electrons. The Kier molecular flexibility index (Phi) is 8.85. The summed E-state index contributed by atoms with van der Waals surface area (Å²) in [5.74, 6) is 0.256. The molecule has 2 aliphatic heterocycles. The molecule has 2 aromatic carbocycles. The number of likely N-dealkylation sites (tertiary alicyclic amines) is 1. The zero-order chi connectivity index (χ0) is 27.4. The highest BCUT2D eigenvalue weighted by Gasteiger charge is 2.47. The van der Waals surface area contributed by atoms with E-state index in [-0.39, 0.29) is 24.4 Å². The summed E-state index contributed by atoms with van der Waals surface area (Å²) >= 11 is 0. The fourth-order valence-electron chi connectivity index (χ4n) is 5.52. The van der Waals surface area contributed by atoms with Crippen LogP contribution >= 0.6 is 0 Å². The van der Waals surface area contributed by atoms with Gasteiger partial charge in [0, 0.05) is 38.1 Å². The van der Waals surface area contributed by atoms with Gasteiger partial charge >= 0.3 is 5.97 Å². The third kappa shape index (κ3) is 6.08. The molecular weight excluding hydrogens is 508 g/mol. The van der Waals surface area contributed by atoms with E-state index in [0.29, 0.717) is 49.8 Å². The van der Waals surface area contributed by atoms with Gasteiger partial charge in [0.2, 0.25) is 16.8 Å². The number of sulfonamides is 1. The number of methoxy groups -OCH3 is 1. The third-order valence-electron chi connectivity index (χ3n) is 7.23. The summed E-state index contributed by atoms with van der Waals surface area (Å²) in [6.45, 7) is 7.61. The maximum Gasteiger partial charge on any atom is 0.309 e. The van der Waals surface area contributed by atoms with Gasteiger partial charge < -0.3 is 19.3 Å². The number of nitrogens with zero attached hydrogens (tertiary/aromatic N) is 2. The molecule has 1 N–H and O–H groups in total. The van der Waals surface area contributed by atoms with Crippen molar-refractivity contribution >= 4 is 16.0 Å². The number of carbonyl (C=O) groups is 1. The number of benzene rings is 2. The van der Waals surface area contributed by atoms with Crippen molar-refractivity contribution in [2.75, 3.05) is 45.8 Å². The van der Waals surface area contributed by atoms with Gasteiger partial charge in [-0.25, -0.2) is 12.7 Å². The molecule has 10 heteroatoms. The van der Waals surface area contributed by atoms with Crippen LogP contribution in [0.4, 0.5) is 0 Å². The van der Waals surface area contributed by atoms with Crippen LogP contribution < -0.4 is 14.2 Å². The number of fused-ring (bicyclic) bond motifs is 1. The Bertz CT molecular complexity index is 1220. The Hall–Kier alpha value is -2.82. The van der Waals surface area contributed by atoms with Crippen LogP contribution in [-0.2, 0) is 14.8 Å². The molecule has 0 saturated carbocycles. The summed E-state index contributed by atoms with van der Waals surface area (Å²) in [4.78, 5) is 14.9. The van der Waals surface area contributed by atoms with Crippen LogP contribution in [0.15, 0.2) is 42.5 Å². The molecule has 0 amide bonds. The topological polar surface area (TPSA) is 106 Å². The molecule has 208 valence electrons. The van der Waals surface area contributed by atoms with Gasteiger partial charge in [-0.2, -0.15) is 0 Å². The molecule has 2 heterocycles. The van der Waals surface area contributed by atoms with Gasteiger partial charge in [0.25, 0.3) is 0 Å². The minimum atomic E-state index is -3.41. The van der Waals surface area contributed by atoms with Crippen molar-refractivity contribution in [3.8, 4) is 17.2 Å². The van der Waals surface area contributed by atoms with Crippen LogP contribution in [0.25, 0.3) is 0 Å². The minimum absolute atomic E-state index is 0.0964. The molecule has 2 aliphatic rings. The lowest BCUT2D eigenvalue weighted by Crippen LogP contribution is -2.42. The van der Waals surface area contributed by atoms with Crippen molar-refractivity contribution in [1.29, 1.82) is 0 Å². The molecule has 0 bridgehead atoms. The van der Waals surface area contributed by atoms with Gasteiger partial charge in [-0.3, -0.25) is 9.69 Å². The lowest BCUT2D eigenvalue weighted by atomic mass is 9.82. The number of hydrogen-bond acceptors (Lipinski definition) is 7. The first kappa shape index (κ1) is 28.2. The Balaban J connectivity index is 1.68. The van der Waals surface area contributed by atoms with Crippen molar-refractivity contribution in [2.24, 2.45) is 11.8 Å². The number of aliphatic carboxylic acids is 1. The van der Waals surface area contributed by atoms with Crippen LogP contribution in [0, 0.1) is 11.8 Å². The Morgan fingerprint density at radius 2 is 1.82 bits per heavy atom. The summed E-state index contributed by atoms with van der Waals surface area (Å²) in [5, 5.41) is 10.5. The lowest BCUT2D eigenvalue weighted by Gasteiger charge is -2.30. The molecule has 9 nitrogen and oxygen atoms in total. The molecule has 0 unspecified atom stereocenters. The van der Waals surface area contributed by atoms with Gasteiger partial charge in [-0.15, -0.1) is 0 Å². The zero-order valence-corrected chi connectivity index (χ0v) is 23.3. The standard InChI is InChI=1S/C28H38N2O7S/c1-5-14-38(33,34)30(16-19(2)3)13-12-29-17-23(21-8-11-24-25(15-21)37-18-36-24)26(28(31)32)27(29)20-6-9-22(35-4)10-7-20/h6-11,15,19,23,26-27H,5,12-14,16-18H2,1-4H3,(H,31,32)/t23-,26+,27-/m1/s1. The van der Waals surface area contributed by atoms with Crippen LogP contribution in [0.1, 0.15) is 50.3 Å². The van der Waals surface area contributed by atoms with Crippen LogP contribution in [0.5, 0.6) is 17.2 Å². The van der Waals surface area contributed by atoms with Crippen molar-refractivity contribution in [2.45, 2.75) is 39.2 Å². The summed E-state index contributed by atoms with van der Waals surface area (Å²) in [7, 11) is -1.82.